The normalized spacial score (nSPS) is 28.2. The van der Waals surface area contributed by atoms with Crippen molar-refractivity contribution in [3.05, 3.63) is 0 Å². The lowest BCUT2D eigenvalue weighted by Gasteiger charge is -2.30. The van der Waals surface area contributed by atoms with Gasteiger partial charge in [0.25, 0.3) is 0 Å². The van der Waals surface area contributed by atoms with Gasteiger partial charge in [-0.25, -0.2) is 0 Å². The fourth-order valence-corrected chi connectivity index (χ4v) is 2.31. The van der Waals surface area contributed by atoms with Gasteiger partial charge in [-0.15, -0.1) is 0 Å². The summed E-state index contributed by atoms with van der Waals surface area (Å²) in [5.41, 5.74) is 4.20. The highest BCUT2D eigenvalue weighted by atomic mass is 32.1. The van der Waals surface area contributed by atoms with Crippen molar-refractivity contribution in [2.45, 2.75) is 40.0 Å². The Balaban J connectivity index is 2.67. The lowest BCUT2D eigenvalue weighted by atomic mass is 9.76. The number of hydrogen-bond donors (Lipinski definition) is 2. The molecule has 0 spiro atoms. The maximum absolute atomic E-state index is 5.03. The standard InChI is InChI=1S/C12H23N3S/c1-8(2)10-6-5-9(3)7-11(10)14-15-12(16)13-4/h8-10H,5-7H2,1-4H3,(H2,13,15,16)/b14-11-/t9-,10-/m0/s1. The summed E-state index contributed by atoms with van der Waals surface area (Å²) in [5, 5.41) is 7.93. The molecule has 16 heavy (non-hydrogen) atoms. The van der Waals surface area contributed by atoms with Crippen LogP contribution >= 0.6 is 12.2 Å². The van der Waals surface area contributed by atoms with Crippen LogP contribution in [0.2, 0.25) is 0 Å². The average molecular weight is 241 g/mol. The summed E-state index contributed by atoms with van der Waals surface area (Å²) in [7, 11) is 1.80. The Labute approximate surface area is 104 Å². The van der Waals surface area contributed by atoms with E-state index in [1.807, 2.05) is 0 Å². The third-order valence-corrected chi connectivity index (χ3v) is 3.58. The molecule has 1 fully saturated rings. The van der Waals surface area contributed by atoms with Gasteiger partial charge in [0, 0.05) is 18.7 Å². The maximum atomic E-state index is 5.03. The van der Waals surface area contributed by atoms with Crippen LogP contribution < -0.4 is 10.7 Å². The predicted octanol–water partition coefficient (Wildman–Crippen LogP) is 2.53. The summed E-state index contributed by atoms with van der Waals surface area (Å²) in [6, 6.07) is 0. The monoisotopic (exact) mass is 241 g/mol. The summed E-state index contributed by atoms with van der Waals surface area (Å²) >= 11 is 5.03. The molecule has 0 unspecified atom stereocenters. The fourth-order valence-electron chi connectivity index (χ4n) is 2.27. The second-order valence-electron chi connectivity index (χ2n) is 5.03. The van der Waals surface area contributed by atoms with Crippen molar-refractivity contribution < 1.29 is 0 Å². The first-order valence-electron chi connectivity index (χ1n) is 6.08. The maximum Gasteiger partial charge on any atom is 0.186 e. The molecular formula is C12H23N3S. The molecule has 0 amide bonds. The molecule has 3 nitrogen and oxygen atoms in total. The van der Waals surface area contributed by atoms with E-state index in [1.54, 1.807) is 7.05 Å². The molecule has 1 aliphatic rings. The zero-order valence-corrected chi connectivity index (χ0v) is 11.5. The molecule has 1 rings (SSSR count). The molecule has 2 atom stereocenters. The predicted molar refractivity (Wildman–Crippen MR) is 73.6 cm³/mol. The Morgan fingerprint density at radius 3 is 2.69 bits per heavy atom. The van der Waals surface area contributed by atoms with Gasteiger partial charge in [0.15, 0.2) is 5.11 Å². The van der Waals surface area contributed by atoms with E-state index in [4.69, 9.17) is 12.2 Å². The van der Waals surface area contributed by atoms with E-state index in [9.17, 15) is 0 Å². The molecule has 0 saturated heterocycles. The molecule has 4 heteroatoms. The summed E-state index contributed by atoms with van der Waals surface area (Å²) in [4.78, 5) is 0. The van der Waals surface area contributed by atoms with Crippen molar-refractivity contribution in [1.82, 2.24) is 10.7 Å². The lowest BCUT2D eigenvalue weighted by Crippen LogP contribution is -2.33. The van der Waals surface area contributed by atoms with E-state index < -0.39 is 0 Å². The van der Waals surface area contributed by atoms with E-state index in [0.29, 0.717) is 16.9 Å². The first-order chi connectivity index (χ1) is 7.54. The van der Waals surface area contributed by atoms with Crippen molar-refractivity contribution in [3.8, 4) is 0 Å². The average Bonchev–Trinajstić information content (AvgIpc) is 2.25. The Bertz CT molecular complexity index is 273. The molecule has 1 saturated carbocycles. The van der Waals surface area contributed by atoms with E-state index >= 15 is 0 Å². The van der Waals surface area contributed by atoms with Gasteiger partial charge in [0.2, 0.25) is 0 Å². The smallest absolute Gasteiger partial charge is 0.186 e. The molecule has 0 aromatic carbocycles. The first-order valence-corrected chi connectivity index (χ1v) is 6.49. The zero-order chi connectivity index (χ0) is 12.1. The number of nitrogens with one attached hydrogen (secondary N) is 2. The van der Waals surface area contributed by atoms with Crippen LogP contribution in [0.5, 0.6) is 0 Å². The van der Waals surface area contributed by atoms with Crippen molar-refractivity contribution in [2.75, 3.05) is 7.05 Å². The molecule has 0 aromatic rings. The summed E-state index contributed by atoms with van der Waals surface area (Å²) in [5.74, 6) is 2.03. The van der Waals surface area contributed by atoms with Crippen LogP contribution in [0.1, 0.15) is 40.0 Å². The second kappa shape index (κ2) is 6.18. The third-order valence-electron chi connectivity index (χ3n) is 3.29. The van der Waals surface area contributed by atoms with Gasteiger partial charge < -0.3 is 5.32 Å². The van der Waals surface area contributed by atoms with Crippen LogP contribution in [-0.2, 0) is 0 Å². The van der Waals surface area contributed by atoms with Crippen molar-refractivity contribution >= 4 is 23.0 Å². The topological polar surface area (TPSA) is 36.4 Å². The number of thiocarbonyl (C=S) groups is 1. The van der Waals surface area contributed by atoms with Crippen molar-refractivity contribution in [2.24, 2.45) is 22.9 Å². The molecule has 0 radical (unpaired) electrons. The first kappa shape index (κ1) is 13.4. The number of nitrogens with zero attached hydrogens (tertiary/aromatic N) is 1. The minimum atomic E-state index is 0.591. The van der Waals surface area contributed by atoms with Gasteiger partial charge in [-0.2, -0.15) is 5.10 Å². The lowest BCUT2D eigenvalue weighted by molar-refractivity contribution is 0.363. The van der Waals surface area contributed by atoms with Gasteiger partial charge in [-0.3, -0.25) is 5.43 Å². The van der Waals surface area contributed by atoms with Crippen LogP contribution in [0, 0.1) is 17.8 Å². The van der Waals surface area contributed by atoms with Gasteiger partial charge in [-0.05, 0) is 43.3 Å². The van der Waals surface area contributed by atoms with Crippen LogP contribution in [-0.4, -0.2) is 17.9 Å². The van der Waals surface area contributed by atoms with Crippen molar-refractivity contribution in [3.63, 3.8) is 0 Å². The van der Waals surface area contributed by atoms with Crippen LogP contribution in [0.25, 0.3) is 0 Å². The molecule has 92 valence electrons. The second-order valence-corrected chi connectivity index (χ2v) is 5.44. The highest BCUT2D eigenvalue weighted by molar-refractivity contribution is 7.80. The Morgan fingerprint density at radius 1 is 1.44 bits per heavy atom. The van der Waals surface area contributed by atoms with Gasteiger partial charge in [0.1, 0.15) is 0 Å². The van der Waals surface area contributed by atoms with Gasteiger partial charge >= 0.3 is 0 Å². The van der Waals surface area contributed by atoms with Gasteiger partial charge in [-0.1, -0.05) is 20.8 Å². The van der Waals surface area contributed by atoms with Gasteiger partial charge in [0.05, 0.1) is 0 Å². The molecule has 0 aromatic heterocycles. The van der Waals surface area contributed by atoms with E-state index in [-0.39, 0.29) is 0 Å². The Morgan fingerprint density at radius 2 is 2.12 bits per heavy atom. The number of hydrogen-bond acceptors (Lipinski definition) is 2. The molecule has 0 heterocycles. The quantitative estimate of drug-likeness (QED) is 0.576. The molecule has 0 bridgehead atoms. The number of rotatable bonds is 2. The third kappa shape index (κ3) is 3.74. The molecule has 0 aliphatic heterocycles. The highest BCUT2D eigenvalue weighted by Gasteiger charge is 2.26. The van der Waals surface area contributed by atoms with Crippen LogP contribution in [0.4, 0.5) is 0 Å². The highest BCUT2D eigenvalue weighted by Crippen LogP contribution is 2.31. The van der Waals surface area contributed by atoms with Crippen LogP contribution in [0.15, 0.2) is 5.10 Å². The number of hydrazone groups is 1. The van der Waals surface area contributed by atoms with E-state index in [2.05, 4.69) is 36.6 Å². The van der Waals surface area contributed by atoms with E-state index in [0.717, 1.165) is 12.3 Å². The minimum absolute atomic E-state index is 0.591. The summed E-state index contributed by atoms with van der Waals surface area (Å²) in [6.45, 7) is 6.83. The van der Waals surface area contributed by atoms with Crippen LogP contribution in [0.3, 0.4) is 0 Å². The molecular weight excluding hydrogens is 218 g/mol. The minimum Gasteiger partial charge on any atom is -0.364 e. The molecule has 2 N–H and O–H groups in total. The largest absolute Gasteiger partial charge is 0.364 e. The zero-order valence-electron chi connectivity index (χ0n) is 10.7. The summed E-state index contributed by atoms with van der Waals surface area (Å²) in [6.07, 6.45) is 3.67. The Kier molecular flexibility index (Phi) is 5.19. The summed E-state index contributed by atoms with van der Waals surface area (Å²) < 4.78 is 0. The van der Waals surface area contributed by atoms with E-state index in [1.165, 1.54) is 18.6 Å². The van der Waals surface area contributed by atoms with Crippen molar-refractivity contribution in [1.29, 1.82) is 0 Å². The fraction of sp³-hybridized carbons (Fsp3) is 0.833. The Hall–Kier alpha value is -0.640. The molecule has 1 aliphatic carbocycles. The SMILES string of the molecule is CNC(=S)N/N=C1/C[C@@H](C)CC[C@H]1C(C)C.